The number of fused-ring (bicyclic) bond motifs is 1. The average molecular weight is 242 g/mol. The lowest BCUT2D eigenvalue weighted by molar-refractivity contribution is 0.313. The fraction of sp³-hybridized carbons (Fsp3) is 0.562. The van der Waals surface area contributed by atoms with Crippen molar-refractivity contribution in [3.63, 3.8) is 0 Å². The van der Waals surface area contributed by atoms with Gasteiger partial charge in [-0.1, -0.05) is 19.1 Å². The Bertz CT molecular complexity index is 476. The molecule has 0 bridgehead atoms. The Balaban J connectivity index is 1.86. The lowest BCUT2D eigenvalue weighted by Gasteiger charge is -2.26. The van der Waals surface area contributed by atoms with Gasteiger partial charge in [0.15, 0.2) is 0 Å². The molecule has 0 aromatic heterocycles. The number of rotatable bonds is 1. The highest BCUT2D eigenvalue weighted by atomic mass is 15.1. The van der Waals surface area contributed by atoms with Crippen LogP contribution in [0.4, 0.5) is 0 Å². The number of aliphatic imine (C=N–C) groups is 1. The summed E-state index contributed by atoms with van der Waals surface area (Å²) in [5.41, 5.74) is 5.73. The molecule has 0 saturated carbocycles. The third-order valence-corrected chi connectivity index (χ3v) is 4.21. The van der Waals surface area contributed by atoms with E-state index in [9.17, 15) is 0 Å². The van der Waals surface area contributed by atoms with Crippen molar-refractivity contribution in [3.05, 3.63) is 34.9 Å². The third kappa shape index (κ3) is 2.35. The summed E-state index contributed by atoms with van der Waals surface area (Å²) in [5.74, 6) is 0.764. The molecule has 18 heavy (non-hydrogen) atoms. The third-order valence-electron chi connectivity index (χ3n) is 4.21. The van der Waals surface area contributed by atoms with E-state index in [1.807, 2.05) is 0 Å². The van der Waals surface area contributed by atoms with Crippen molar-refractivity contribution in [3.8, 4) is 0 Å². The quantitative estimate of drug-likeness (QED) is 0.739. The highest BCUT2D eigenvalue weighted by Crippen LogP contribution is 2.23. The maximum atomic E-state index is 4.75. The topological polar surface area (TPSA) is 15.6 Å². The molecule has 0 spiro atoms. The zero-order valence-electron chi connectivity index (χ0n) is 11.4. The van der Waals surface area contributed by atoms with Crippen molar-refractivity contribution in [2.75, 3.05) is 20.1 Å². The minimum absolute atomic E-state index is 0.764. The summed E-state index contributed by atoms with van der Waals surface area (Å²) < 4.78 is 0. The van der Waals surface area contributed by atoms with E-state index in [1.54, 1.807) is 0 Å². The van der Waals surface area contributed by atoms with Crippen LogP contribution in [-0.2, 0) is 13.0 Å². The van der Waals surface area contributed by atoms with Gasteiger partial charge < -0.3 is 4.90 Å². The first kappa shape index (κ1) is 11.9. The Morgan fingerprint density at radius 2 is 2.11 bits per heavy atom. The SMILES string of the molecule is C[C@H]1CCC(c2ccc3c(c2)CCN(C)C3)=NC1. The first-order chi connectivity index (χ1) is 8.72. The normalized spacial score (nSPS) is 24.6. The smallest absolute Gasteiger partial charge is 0.0420 e. The molecule has 2 heterocycles. The molecule has 96 valence electrons. The van der Waals surface area contributed by atoms with Crippen LogP contribution in [0.3, 0.4) is 0 Å². The van der Waals surface area contributed by atoms with Crippen LogP contribution in [0.5, 0.6) is 0 Å². The lowest BCUT2D eigenvalue weighted by Crippen LogP contribution is -2.26. The number of hydrogen-bond donors (Lipinski definition) is 0. The Morgan fingerprint density at radius 3 is 2.89 bits per heavy atom. The standard InChI is InChI=1S/C16H22N2/c1-12-3-6-16(17-10-12)14-4-5-15-11-18(2)8-7-13(15)9-14/h4-5,9,12H,3,6-8,10-11H2,1-2H3/t12-/m0/s1. The lowest BCUT2D eigenvalue weighted by atomic mass is 9.92. The minimum atomic E-state index is 0.764. The van der Waals surface area contributed by atoms with Crippen LogP contribution >= 0.6 is 0 Å². The fourth-order valence-corrected chi connectivity index (χ4v) is 2.93. The van der Waals surface area contributed by atoms with Gasteiger partial charge in [-0.15, -0.1) is 0 Å². The summed E-state index contributed by atoms with van der Waals surface area (Å²) in [4.78, 5) is 7.14. The molecule has 1 aromatic carbocycles. The number of likely N-dealkylation sites (N-methyl/N-ethyl adjacent to an activating group) is 1. The monoisotopic (exact) mass is 242 g/mol. The van der Waals surface area contributed by atoms with Crippen LogP contribution in [-0.4, -0.2) is 30.7 Å². The molecule has 0 aliphatic carbocycles. The molecule has 0 N–H and O–H groups in total. The van der Waals surface area contributed by atoms with Gasteiger partial charge in [0, 0.05) is 25.3 Å². The van der Waals surface area contributed by atoms with Crippen molar-refractivity contribution >= 4 is 5.71 Å². The van der Waals surface area contributed by atoms with E-state index in [2.05, 4.69) is 37.1 Å². The zero-order valence-corrected chi connectivity index (χ0v) is 11.4. The van der Waals surface area contributed by atoms with Gasteiger partial charge in [0.25, 0.3) is 0 Å². The van der Waals surface area contributed by atoms with Crippen LogP contribution in [0.2, 0.25) is 0 Å². The second kappa shape index (κ2) is 4.85. The van der Waals surface area contributed by atoms with E-state index in [-0.39, 0.29) is 0 Å². The van der Waals surface area contributed by atoms with Crippen molar-refractivity contribution in [1.29, 1.82) is 0 Å². The van der Waals surface area contributed by atoms with E-state index in [1.165, 1.54) is 41.8 Å². The van der Waals surface area contributed by atoms with Crippen LogP contribution in [0, 0.1) is 5.92 Å². The van der Waals surface area contributed by atoms with E-state index >= 15 is 0 Å². The molecule has 0 radical (unpaired) electrons. The first-order valence-electron chi connectivity index (χ1n) is 7.06. The molecular formula is C16H22N2. The van der Waals surface area contributed by atoms with E-state index in [4.69, 9.17) is 4.99 Å². The molecule has 2 nitrogen and oxygen atoms in total. The Hall–Kier alpha value is -1.15. The largest absolute Gasteiger partial charge is 0.302 e. The summed E-state index contributed by atoms with van der Waals surface area (Å²) in [6.45, 7) is 5.58. The number of nitrogens with zero attached hydrogens (tertiary/aromatic N) is 2. The maximum Gasteiger partial charge on any atom is 0.0420 e. The maximum absolute atomic E-state index is 4.75. The summed E-state index contributed by atoms with van der Waals surface area (Å²) in [6, 6.07) is 6.96. The van der Waals surface area contributed by atoms with Crippen LogP contribution in [0.25, 0.3) is 0 Å². The van der Waals surface area contributed by atoms with Crippen LogP contribution in [0.1, 0.15) is 36.5 Å². The van der Waals surface area contributed by atoms with Gasteiger partial charge >= 0.3 is 0 Å². The van der Waals surface area contributed by atoms with E-state index < -0.39 is 0 Å². The number of hydrogen-bond acceptors (Lipinski definition) is 2. The predicted molar refractivity (Wildman–Crippen MR) is 76.3 cm³/mol. The highest BCUT2D eigenvalue weighted by molar-refractivity contribution is 6.01. The van der Waals surface area contributed by atoms with Gasteiger partial charge in [-0.05, 0) is 55.0 Å². The molecule has 2 aliphatic rings. The van der Waals surface area contributed by atoms with Gasteiger partial charge in [-0.25, -0.2) is 0 Å². The Kier molecular flexibility index (Phi) is 3.21. The minimum Gasteiger partial charge on any atom is -0.302 e. The molecule has 3 rings (SSSR count). The van der Waals surface area contributed by atoms with Crippen LogP contribution < -0.4 is 0 Å². The van der Waals surface area contributed by atoms with E-state index in [0.29, 0.717) is 0 Å². The van der Waals surface area contributed by atoms with Crippen LogP contribution in [0.15, 0.2) is 23.2 Å². The molecule has 0 saturated heterocycles. The predicted octanol–water partition coefficient (Wildman–Crippen LogP) is 2.89. The van der Waals surface area contributed by atoms with Gasteiger partial charge in [0.05, 0.1) is 0 Å². The van der Waals surface area contributed by atoms with Crippen molar-refractivity contribution in [1.82, 2.24) is 4.90 Å². The molecule has 0 unspecified atom stereocenters. The van der Waals surface area contributed by atoms with Gasteiger partial charge in [0.2, 0.25) is 0 Å². The fourth-order valence-electron chi connectivity index (χ4n) is 2.93. The second-order valence-electron chi connectivity index (χ2n) is 5.90. The molecule has 2 heteroatoms. The molecular weight excluding hydrogens is 220 g/mol. The molecule has 2 aliphatic heterocycles. The van der Waals surface area contributed by atoms with E-state index in [0.717, 1.165) is 25.4 Å². The van der Waals surface area contributed by atoms with Gasteiger partial charge in [-0.3, -0.25) is 4.99 Å². The second-order valence-corrected chi connectivity index (χ2v) is 5.90. The zero-order chi connectivity index (χ0) is 12.5. The van der Waals surface area contributed by atoms with Crippen molar-refractivity contribution < 1.29 is 0 Å². The highest BCUT2D eigenvalue weighted by Gasteiger charge is 2.17. The Morgan fingerprint density at radius 1 is 1.22 bits per heavy atom. The molecule has 1 atom stereocenters. The van der Waals surface area contributed by atoms with Gasteiger partial charge in [0.1, 0.15) is 0 Å². The summed E-state index contributed by atoms with van der Waals surface area (Å²) in [7, 11) is 2.20. The number of benzene rings is 1. The van der Waals surface area contributed by atoms with Crippen molar-refractivity contribution in [2.24, 2.45) is 10.9 Å². The average Bonchev–Trinajstić information content (AvgIpc) is 2.39. The molecule has 0 fully saturated rings. The molecule has 1 aromatic rings. The first-order valence-corrected chi connectivity index (χ1v) is 7.06. The Labute approximate surface area is 110 Å². The molecule has 0 amide bonds. The van der Waals surface area contributed by atoms with Crippen molar-refractivity contribution in [2.45, 2.75) is 32.7 Å². The summed E-state index contributed by atoms with van der Waals surface area (Å²) in [6.07, 6.45) is 3.63. The summed E-state index contributed by atoms with van der Waals surface area (Å²) >= 11 is 0. The summed E-state index contributed by atoms with van der Waals surface area (Å²) in [5, 5.41) is 0. The van der Waals surface area contributed by atoms with Gasteiger partial charge in [-0.2, -0.15) is 0 Å².